The molecule has 0 fully saturated rings. The summed E-state index contributed by atoms with van der Waals surface area (Å²) in [6.07, 6.45) is 0. The van der Waals surface area contributed by atoms with Gasteiger partial charge in [-0.05, 0) is 48.5 Å². The van der Waals surface area contributed by atoms with Crippen molar-refractivity contribution >= 4 is 46.3 Å². The number of hydrogen-bond donors (Lipinski definition) is 2. The highest BCUT2D eigenvalue weighted by atomic mass is 35.5. The summed E-state index contributed by atoms with van der Waals surface area (Å²) in [7, 11) is 1.51. The van der Waals surface area contributed by atoms with Crippen molar-refractivity contribution in [3.63, 3.8) is 0 Å². The van der Waals surface area contributed by atoms with Gasteiger partial charge in [-0.1, -0.05) is 29.3 Å². The number of carbonyl (C=O) groups excluding carboxylic acids is 1. The number of ether oxygens (including phenoxy) is 1. The molecule has 0 saturated carbocycles. The zero-order valence-corrected chi connectivity index (χ0v) is 15.2. The van der Waals surface area contributed by atoms with E-state index in [2.05, 4.69) is 20.8 Å². The normalized spacial score (nSPS) is 10.3. The predicted octanol–water partition coefficient (Wildman–Crippen LogP) is 4.79. The number of hydrogen-bond acceptors (Lipinski definition) is 5. The second-order valence-electron chi connectivity index (χ2n) is 5.24. The van der Waals surface area contributed by atoms with Crippen LogP contribution in [0.25, 0.3) is 0 Å². The molecule has 0 atom stereocenters. The van der Waals surface area contributed by atoms with Crippen molar-refractivity contribution in [2.75, 3.05) is 17.7 Å². The fraction of sp³-hybridized carbons (Fsp3) is 0.0556. The number of halogens is 2. The van der Waals surface area contributed by atoms with E-state index < -0.39 is 5.91 Å². The van der Waals surface area contributed by atoms with E-state index in [4.69, 9.17) is 27.9 Å². The maximum Gasteiger partial charge on any atom is 0.276 e. The van der Waals surface area contributed by atoms with Gasteiger partial charge < -0.3 is 15.4 Å². The molecule has 8 heteroatoms. The first kappa shape index (κ1) is 18.0. The minimum atomic E-state index is -0.424. The number of methoxy groups -OCH3 is 1. The molecular formula is C18H14Cl2N4O2. The minimum absolute atomic E-state index is 0.156. The molecule has 0 radical (unpaired) electrons. The van der Waals surface area contributed by atoms with Crippen LogP contribution < -0.4 is 15.4 Å². The first-order valence-corrected chi connectivity index (χ1v) is 8.32. The Kier molecular flexibility index (Phi) is 5.55. The molecule has 1 heterocycles. The Morgan fingerprint density at radius 1 is 1.00 bits per heavy atom. The summed E-state index contributed by atoms with van der Waals surface area (Å²) < 4.78 is 5.20. The van der Waals surface area contributed by atoms with Crippen LogP contribution in [0, 0.1) is 0 Å². The molecule has 0 saturated heterocycles. The average Bonchev–Trinajstić information content (AvgIpc) is 2.62. The fourth-order valence-corrected chi connectivity index (χ4v) is 2.56. The molecule has 3 rings (SSSR count). The Bertz CT molecular complexity index is 933. The number of nitrogens with one attached hydrogen (secondary N) is 2. The molecule has 0 aliphatic heterocycles. The number of aromatic nitrogens is 2. The van der Waals surface area contributed by atoms with Gasteiger partial charge in [0.05, 0.1) is 12.8 Å². The molecule has 3 aromatic rings. The lowest BCUT2D eigenvalue weighted by Crippen LogP contribution is -2.15. The summed E-state index contributed by atoms with van der Waals surface area (Å²) in [6.45, 7) is 0. The van der Waals surface area contributed by atoms with E-state index in [0.29, 0.717) is 27.3 Å². The Labute approximate surface area is 160 Å². The van der Waals surface area contributed by atoms with Gasteiger partial charge in [-0.3, -0.25) is 4.79 Å². The van der Waals surface area contributed by atoms with Gasteiger partial charge in [-0.15, -0.1) is 10.2 Å². The quantitative estimate of drug-likeness (QED) is 0.656. The number of benzene rings is 2. The first-order valence-electron chi connectivity index (χ1n) is 7.56. The van der Waals surface area contributed by atoms with E-state index in [1.807, 2.05) is 12.1 Å². The molecule has 6 nitrogen and oxygen atoms in total. The molecule has 2 aromatic carbocycles. The summed E-state index contributed by atoms with van der Waals surface area (Å²) in [6, 6.07) is 15.3. The third-order valence-electron chi connectivity index (χ3n) is 3.40. The van der Waals surface area contributed by atoms with Gasteiger partial charge in [-0.2, -0.15) is 0 Å². The van der Waals surface area contributed by atoms with Crippen LogP contribution >= 0.6 is 23.2 Å². The van der Waals surface area contributed by atoms with Gasteiger partial charge in [0.1, 0.15) is 5.75 Å². The number of amides is 1. The molecule has 0 spiro atoms. The molecule has 1 amide bonds. The van der Waals surface area contributed by atoms with Crippen molar-refractivity contribution in [1.29, 1.82) is 0 Å². The summed E-state index contributed by atoms with van der Waals surface area (Å²) in [4.78, 5) is 12.4. The van der Waals surface area contributed by atoms with E-state index in [0.717, 1.165) is 5.69 Å². The highest BCUT2D eigenvalue weighted by Crippen LogP contribution is 2.28. The molecule has 2 N–H and O–H groups in total. The van der Waals surface area contributed by atoms with Crippen LogP contribution in [-0.4, -0.2) is 23.2 Å². The summed E-state index contributed by atoms with van der Waals surface area (Å²) in [5.41, 5.74) is 1.38. The van der Waals surface area contributed by atoms with Crippen LogP contribution in [0.4, 0.5) is 17.2 Å². The van der Waals surface area contributed by atoms with Gasteiger partial charge in [0, 0.05) is 15.7 Å². The van der Waals surface area contributed by atoms with Crippen molar-refractivity contribution < 1.29 is 9.53 Å². The van der Waals surface area contributed by atoms with Gasteiger partial charge in [0.25, 0.3) is 5.91 Å². The Morgan fingerprint density at radius 3 is 2.50 bits per heavy atom. The monoisotopic (exact) mass is 388 g/mol. The van der Waals surface area contributed by atoms with Crippen LogP contribution in [-0.2, 0) is 0 Å². The van der Waals surface area contributed by atoms with Crippen LogP contribution in [0.5, 0.6) is 5.75 Å². The second kappa shape index (κ2) is 8.03. The Morgan fingerprint density at radius 2 is 1.81 bits per heavy atom. The standard InChI is InChI=1S/C18H14Cl2N4O2/c1-26-16-7-5-12(20)10-15(16)22-18(25)14-6-8-17(24-23-14)21-13-4-2-3-11(19)9-13/h2-10H,1H3,(H,21,24)(H,22,25). The highest BCUT2D eigenvalue weighted by Gasteiger charge is 2.12. The van der Waals surface area contributed by atoms with Crippen molar-refractivity contribution in [2.45, 2.75) is 0 Å². The van der Waals surface area contributed by atoms with Gasteiger partial charge >= 0.3 is 0 Å². The zero-order valence-electron chi connectivity index (χ0n) is 13.7. The third kappa shape index (κ3) is 4.41. The van der Waals surface area contributed by atoms with E-state index >= 15 is 0 Å². The van der Waals surface area contributed by atoms with E-state index in [-0.39, 0.29) is 5.69 Å². The maximum atomic E-state index is 12.4. The lowest BCUT2D eigenvalue weighted by atomic mass is 10.2. The summed E-state index contributed by atoms with van der Waals surface area (Å²) >= 11 is 11.9. The smallest absolute Gasteiger partial charge is 0.276 e. The molecular weight excluding hydrogens is 375 g/mol. The molecule has 26 heavy (non-hydrogen) atoms. The molecule has 0 bridgehead atoms. The third-order valence-corrected chi connectivity index (χ3v) is 3.87. The highest BCUT2D eigenvalue weighted by molar-refractivity contribution is 6.31. The van der Waals surface area contributed by atoms with Crippen molar-refractivity contribution in [3.05, 3.63) is 70.3 Å². The zero-order chi connectivity index (χ0) is 18.5. The largest absolute Gasteiger partial charge is 0.495 e. The lowest BCUT2D eigenvalue weighted by molar-refractivity contribution is 0.102. The summed E-state index contributed by atoms with van der Waals surface area (Å²) in [5, 5.41) is 14.8. The molecule has 0 unspecified atom stereocenters. The van der Waals surface area contributed by atoms with Crippen molar-refractivity contribution in [2.24, 2.45) is 0 Å². The van der Waals surface area contributed by atoms with Crippen molar-refractivity contribution in [1.82, 2.24) is 10.2 Å². The number of carbonyl (C=O) groups is 1. The van der Waals surface area contributed by atoms with Gasteiger partial charge in [0.15, 0.2) is 11.5 Å². The number of rotatable bonds is 5. The van der Waals surface area contributed by atoms with E-state index in [9.17, 15) is 4.79 Å². The van der Waals surface area contributed by atoms with Gasteiger partial charge in [0.2, 0.25) is 0 Å². The van der Waals surface area contributed by atoms with Crippen molar-refractivity contribution in [3.8, 4) is 5.75 Å². The maximum absolute atomic E-state index is 12.4. The lowest BCUT2D eigenvalue weighted by Gasteiger charge is -2.10. The molecule has 132 valence electrons. The first-order chi connectivity index (χ1) is 12.5. The van der Waals surface area contributed by atoms with Crippen LogP contribution in [0.1, 0.15) is 10.5 Å². The fourth-order valence-electron chi connectivity index (χ4n) is 2.20. The summed E-state index contributed by atoms with van der Waals surface area (Å²) in [5.74, 6) is 0.562. The predicted molar refractivity (Wildman–Crippen MR) is 103 cm³/mol. The van der Waals surface area contributed by atoms with E-state index in [1.165, 1.54) is 7.11 Å². The van der Waals surface area contributed by atoms with Crippen LogP contribution in [0.3, 0.4) is 0 Å². The molecule has 0 aliphatic carbocycles. The Hall–Kier alpha value is -2.83. The minimum Gasteiger partial charge on any atom is -0.495 e. The second-order valence-corrected chi connectivity index (χ2v) is 6.11. The molecule has 1 aromatic heterocycles. The number of anilines is 3. The topological polar surface area (TPSA) is 76.1 Å². The van der Waals surface area contributed by atoms with Crippen LogP contribution in [0.15, 0.2) is 54.6 Å². The molecule has 0 aliphatic rings. The Balaban J connectivity index is 1.72. The SMILES string of the molecule is COc1ccc(Cl)cc1NC(=O)c1ccc(Nc2cccc(Cl)c2)nn1. The van der Waals surface area contributed by atoms with Crippen LogP contribution in [0.2, 0.25) is 10.0 Å². The average molecular weight is 389 g/mol. The van der Waals surface area contributed by atoms with E-state index in [1.54, 1.807) is 42.5 Å². The number of nitrogens with zero attached hydrogens (tertiary/aromatic N) is 2. The van der Waals surface area contributed by atoms with Gasteiger partial charge in [-0.25, -0.2) is 0 Å².